The summed E-state index contributed by atoms with van der Waals surface area (Å²) < 4.78 is 178. The van der Waals surface area contributed by atoms with E-state index >= 15 is 0 Å². The highest BCUT2D eigenvalue weighted by molar-refractivity contribution is 5.77. The van der Waals surface area contributed by atoms with Crippen LogP contribution in [0, 0.1) is 0 Å². The van der Waals surface area contributed by atoms with E-state index in [1.165, 1.54) is 0 Å². The first-order valence-corrected chi connectivity index (χ1v) is 8.74. The van der Waals surface area contributed by atoms with Crippen LogP contribution in [0.2, 0.25) is 0 Å². The van der Waals surface area contributed by atoms with E-state index in [1.807, 2.05) is 0 Å². The third kappa shape index (κ3) is 8.75. The summed E-state index contributed by atoms with van der Waals surface area (Å²) in [5.41, 5.74) is -3.84. The Hall–Kier alpha value is -3.27. The first kappa shape index (κ1) is 30.8. The molecule has 0 aliphatic rings. The van der Waals surface area contributed by atoms with Crippen LogP contribution in [0.1, 0.15) is 21.5 Å². The Balaban J connectivity index is 0.000000369. The van der Waals surface area contributed by atoms with Gasteiger partial charge in [0.25, 0.3) is 0 Å². The molecule has 2 aromatic rings. The standard InChI is InChI=1S/C10H6F8O2.C9H4F6O/c11-7(12)9(15,16)19-5-1-2-6(4-3-5)20-10(17,18)8(13)14;10-8(11,12)6-2-1-5(4-16)7(3-6)9(13,14)15/h1-4,7-8H;1-4H. The van der Waals surface area contributed by atoms with Gasteiger partial charge >= 0.3 is 37.4 Å². The van der Waals surface area contributed by atoms with E-state index in [0.29, 0.717) is 36.4 Å². The Labute approximate surface area is 191 Å². The zero-order chi connectivity index (χ0) is 28.1. The SMILES string of the molecule is FC(F)C(F)(F)Oc1ccc(OC(F)(F)C(F)F)cc1.O=Cc1ccc(C(F)(F)F)cc1C(F)(F)F. The summed E-state index contributed by atoms with van der Waals surface area (Å²) in [5, 5.41) is 0. The van der Waals surface area contributed by atoms with Crippen molar-refractivity contribution in [3.8, 4) is 11.5 Å². The number of alkyl halides is 14. The lowest BCUT2D eigenvalue weighted by Gasteiger charge is -2.18. The molecule has 2 rings (SSSR count). The number of carbonyl (C=O) groups excluding carboxylic acids is 1. The second kappa shape index (κ2) is 11.2. The molecular weight excluding hydrogens is 542 g/mol. The second-order valence-electron chi connectivity index (χ2n) is 6.32. The second-order valence-corrected chi connectivity index (χ2v) is 6.32. The van der Waals surface area contributed by atoms with Gasteiger partial charge in [-0.15, -0.1) is 0 Å². The first-order chi connectivity index (χ1) is 16.2. The van der Waals surface area contributed by atoms with Gasteiger partial charge in [-0.2, -0.15) is 61.5 Å². The van der Waals surface area contributed by atoms with Crippen molar-refractivity contribution in [2.75, 3.05) is 0 Å². The molecule has 0 aliphatic heterocycles. The van der Waals surface area contributed by atoms with E-state index in [9.17, 15) is 66.3 Å². The molecule has 0 unspecified atom stereocenters. The number of benzene rings is 2. The molecule has 0 saturated carbocycles. The summed E-state index contributed by atoms with van der Waals surface area (Å²) in [6.45, 7) is 0. The zero-order valence-corrected chi connectivity index (χ0v) is 16.8. The van der Waals surface area contributed by atoms with Crippen molar-refractivity contribution >= 4 is 6.29 Å². The Morgan fingerprint density at radius 1 is 0.611 bits per heavy atom. The zero-order valence-electron chi connectivity index (χ0n) is 16.8. The van der Waals surface area contributed by atoms with Gasteiger partial charge in [0.15, 0.2) is 6.29 Å². The highest BCUT2D eigenvalue weighted by atomic mass is 19.4. The monoisotopic (exact) mass is 552 g/mol. The van der Waals surface area contributed by atoms with E-state index in [1.54, 1.807) is 0 Å². The highest BCUT2D eigenvalue weighted by Crippen LogP contribution is 2.37. The van der Waals surface area contributed by atoms with Crippen molar-refractivity contribution < 1.29 is 75.7 Å². The average Bonchev–Trinajstić information content (AvgIpc) is 2.73. The van der Waals surface area contributed by atoms with E-state index in [0.717, 1.165) is 0 Å². The quantitative estimate of drug-likeness (QED) is 0.261. The Morgan fingerprint density at radius 2 is 1.00 bits per heavy atom. The molecule has 3 nitrogen and oxygen atoms in total. The lowest BCUT2D eigenvalue weighted by atomic mass is 10.0. The Morgan fingerprint density at radius 3 is 1.28 bits per heavy atom. The Bertz CT molecular complexity index is 957. The minimum absolute atomic E-state index is 0.0796. The maximum Gasteiger partial charge on any atom is 0.461 e. The van der Waals surface area contributed by atoms with E-state index in [4.69, 9.17) is 0 Å². The topological polar surface area (TPSA) is 35.5 Å². The third-order valence-corrected chi connectivity index (χ3v) is 3.65. The van der Waals surface area contributed by atoms with Gasteiger partial charge < -0.3 is 9.47 Å². The molecule has 0 N–H and O–H groups in total. The number of hydrogen-bond donors (Lipinski definition) is 0. The largest absolute Gasteiger partial charge is 0.461 e. The average molecular weight is 552 g/mol. The van der Waals surface area contributed by atoms with Crippen molar-refractivity contribution in [1.82, 2.24) is 0 Å². The predicted octanol–water partition coefficient (Wildman–Crippen LogP) is 7.70. The van der Waals surface area contributed by atoms with Crippen LogP contribution in [0.4, 0.5) is 61.5 Å². The number of ether oxygens (including phenoxy) is 2. The van der Waals surface area contributed by atoms with Crippen LogP contribution < -0.4 is 9.47 Å². The lowest BCUT2D eigenvalue weighted by Crippen LogP contribution is -2.34. The molecule has 0 aromatic heterocycles. The van der Waals surface area contributed by atoms with E-state index in [-0.39, 0.29) is 12.4 Å². The summed E-state index contributed by atoms with van der Waals surface area (Å²) in [7, 11) is 0. The van der Waals surface area contributed by atoms with Gasteiger partial charge in [0.1, 0.15) is 11.5 Å². The minimum Gasteiger partial charge on any atom is -0.428 e. The van der Waals surface area contributed by atoms with Crippen molar-refractivity contribution in [2.24, 2.45) is 0 Å². The van der Waals surface area contributed by atoms with Crippen LogP contribution in [0.15, 0.2) is 42.5 Å². The number of aldehydes is 1. The van der Waals surface area contributed by atoms with Gasteiger partial charge in [-0.25, -0.2) is 0 Å². The molecule has 0 amide bonds. The third-order valence-electron chi connectivity index (χ3n) is 3.65. The van der Waals surface area contributed by atoms with Gasteiger partial charge in [0.05, 0.1) is 11.1 Å². The molecule has 0 radical (unpaired) electrons. The van der Waals surface area contributed by atoms with Crippen molar-refractivity contribution in [3.63, 3.8) is 0 Å². The number of halogens is 14. The molecule has 202 valence electrons. The molecule has 0 heterocycles. The maximum absolute atomic E-state index is 12.5. The summed E-state index contributed by atoms with van der Waals surface area (Å²) in [6.07, 6.45) is -27.7. The van der Waals surface area contributed by atoms with Crippen molar-refractivity contribution in [3.05, 3.63) is 59.2 Å². The predicted molar refractivity (Wildman–Crippen MR) is 91.4 cm³/mol. The van der Waals surface area contributed by atoms with Crippen molar-refractivity contribution in [1.29, 1.82) is 0 Å². The van der Waals surface area contributed by atoms with E-state index in [2.05, 4.69) is 9.47 Å². The molecule has 0 bridgehead atoms. The summed E-state index contributed by atoms with van der Waals surface area (Å²) in [6, 6.07) is 3.21. The molecule has 17 heteroatoms. The summed E-state index contributed by atoms with van der Waals surface area (Å²) >= 11 is 0. The van der Waals surface area contributed by atoms with Crippen LogP contribution in [-0.4, -0.2) is 31.4 Å². The normalized spacial score (nSPS) is 12.8. The molecular formula is C19H10F14O3. The molecule has 0 saturated heterocycles. The molecule has 0 fully saturated rings. The lowest BCUT2D eigenvalue weighted by molar-refractivity contribution is -0.254. The Kier molecular flexibility index (Phi) is 9.57. The van der Waals surface area contributed by atoms with Gasteiger partial charge in [0.2, 0.25) is 0 Å². The fraction of sp³-hybridized carbons (Fsp3) is 0.316. The smallest absolute Gasteiger partial charge is 0.428 e. The first-order valence-electron chi connectivity index (χ1n) is 8.74. The van der Waals surface area contributed by atoms with Gasteiger partial charge in [0, 0.05) is 5.56 Å². The van der Waals surface area contributed by atoms with Crippen molar-refractivity contribution in [2.45, 2.75) is 37.4 Å². The van der Waals surface area contributed by atoms with Crippen LogP contribution in [0.5, 0.6) is 11.5 Å². The highest BCUT2D eigenvalue weighted by Gasteiger charge is 2.45. The number of hydrogen-bond acceptors (Lipinski definition) is 3. The number of rotatable bonds is 7. The molecule has 0 aliphatic carbocycles. The summed E-state index contributed by atoms with van der Waals surface area (Å²) in [5.74, 6) is -1.55. The van der Waals surface area contributed by atoms with Crippen LogP contribution in [0.25, 0.3) is 0 Å². The summed E-state index contributed by atoms with van der Waals surface area (Å²) in [4.78, 5) is 10.3. The minimum atomic E-state index is -4.99. The molecule has 36 heavy (non-hydrogen) atoms. The van der Waals surface area contributed by atoms with Gasteiger partial charge in [-0.3, -0.25) is 4.79 Å². The van der Waals surface area contributed by atoms with E-state index < -0.39 is 65.6 Å². The maximum atomic E-state index is 12.5. The molecule has 0 spiro atoms. The fourth-order valence-electron chi connectivity index (χ4n) is 2.06. The molecule has 0 atom stereocenters. The van der Waals surface area contributed by atoms with Crippen LogP contribution >= 0.6 is 0 Å². The van der Waals surface area contributed by atoms with Gasteiger partial charge in [-0.1, -0.05) is 6.07 Å². The van der Waals surface area contributed by atoms with Crippen LogP contribution in [-0.2, 0) is 12.4 Å². The van der Waals surface area contributed by atoms with Crippen LogP contribution in [0.3, 0.4) is 0 Å². The number of carbonyl (C=O) groups is 1. The molecule has 2 aromatic carbocycles. The van der Waals surface area contributed by atoms with Gasteiger partial charge in [-0.05, 0) is 36.4 Å². The fourth-order valence-corrected chi connectivity index (χ4v) is 2.06.